The van der Waals surface area contributed by atoms with Gasteiger partial charge in [-0.2, -0.15) is 0 Å². The lowest BCUT2D eigenvalue weighted by molar-refractivity contribution is -0.158. The Bertz CT molecular complexity index is 667. The maximum atomic E-state index is 12.3. The van der Waals surface area contributed by atoms with Gasteiger partial charge in [0.25, 0.3) is 0 Å². The van der Waals surface area contributed by atoms with Crippen LogP contribution >= 0.6 is 11.3 Å². The van der Waals surface area contributed by atoms with Crippen molar-refractivity contribution < 1.29 is 23.8 Å². The minimum atomic E-state index is -1.05. The summed E-state index contributed by atoms with van der Waals surface area (Å²) < 4.78 is 10.1. The molecule has 1 aliphatic heterocycles. The van der Waals surface area contributed by atoms with Crippen LogP contribution < -0.4 is 0 Å². The number of carboxylic acid groups (broad SMARTS) is 1. The van der Waals surface area contributed by atoms with Crippen molar-refractivity contribution in [3.63, 3.8) is 0 Å². The van der Waals surface area contributed by atoms with Crippen molar-refractivity contribution >= 4 is 23.2 Å². The quantitative estimate of drug-likeness (QED) is 0.911. The van der Waals surface area contributed by atoms with E-state index in [0.717, 1.165) is 10.6 Å². The Balaban J connectivity index is 1.70. The molecule has 0 bridgehead atoms. The third-order valence-corrected chi connectivity index (χ3v) is 4.33. The first kappa shape index (κ1) is 14.7. The van der Waals surface area contributed by atoms with Crippen LogP contribution in [0.25, 0.3) is 10.6 Å². The van der Waals surface area contributed by atoms with Crippen LogP contribution in [0.15, 0.2) is 28.4 Å². The van der Waals surface area contributed by atoms with Gasteiger partial charge < -0.3 is 19.2 Å². The van der Waals surface area contributed by atoms with Crippen LogP contribution in [0, 0.1) is 0 Å². The van der Waals surface area contributed by atoms with Gasteiger partial charge in [-0.1, -0.05) is 0 Å². The van der Waals surface area contributed by atoms with E-state index >= 15 is 0 Å². The SMILES string of the molecule is O=C(O)C1COCCN1C(=O)Cc1csc(-c2ccoc2)n1. The number of amides is 1. The molecule has 8 heteroatoms. The molecule has 0 aromatic carbocycles. The molecule has 1 atom stereocenters. The summed E-state index contributed by atoms with van der Waals surface area (Å²) in [5, 5.41) is 11.7. The number of morpholine rings is 1. The second-order valence-electron chi connectivity index (χ2n) is 4.85. The van der Waals surface area contributed by atoms with Crippen molar-refractivity contribution in [3.05, 3.63) is 29.7 Å². The number of aliphatic carboxylic acids is 1. The molecule has 1 amide bonds. The number of hydrogen-bond acceptors (Lipinski definition) is 6. The van der Waals surface area contributed by atoms with E-state index in [1.807, 2.05) is 0 Å². The molecule has 1 saturated heterocycles. The first-order valence-electron chi connectivity index (χ1n) is 6.72. The van der Waals surface area contributed by atoms with E-state index in [-0.39, 0.29) is 25.5 Å². The molecule has 1 unspecified atom stereocenters. The van der Waals surface area contributed by atoms with Crippen LogP contribution in [0.3, 0.4) is 0 Å². The summed E-state index contributed by atoms with van der Waals surface area (Å²) in [6.45, 7) is 0.666. The highest BCUT2D eigenvalue weighted by Crippen LogP contribution is 2.24. The summed E-state index contributed by atoms with van der Waals surface area (Å²) >= 11 is 1.42. The van der Waals surface area contributed by atoms with Crippen LogP contribution in [0.5, 0.6) is 0 Å². The monoisotopic (exact) mass is 322 g/mol. The van der Waals surface area contributed by atoms with E-state index in [9.17, 15) is 9.59 Å². The number of hydrogen-bond donors (Lipinski definition) is 1. The zero-order chi connectivity index (χ0) is 15.5. The molecule has 7 nitrogen and oxygen atoms in total. The number of aromatic nitrogens is 1. The van der Waals surface area contributed by atoms with E-state index < -0.39 is 12.0 Å². The lowest BCUT2D eigenvalue weighted by Gasteiger charge is -2.32. The Kier molecular flexibility index (Phi) is 4.21. The second kappa shape index (κ2) is 6.29. The summed E-state index contributed by atoms with van der Waals surface area (Å²) in [7, 11) is 0. The van der Waals surface area contributed by atoms with Crippen LogP contribution in [-0.2, 0) is 20.7 Å². The minimum Gasteiger partial charge on any atom is -0.480 e. The average Bonchev–Trinajstić information content (AvgIpc) is 3.17. The summed E-state index contributed by atoms with van der Waals surface area (Å²) in [5.74, 6) is -1.30. The molecule has 1 fully saturated rings. The fourth-order valence-electron chi connectivity index (χ4n) is 2.27. The second-order valence-corrected chi connectivity index (χ2v) is 5.71. The number of furan rings is 1. The number of carbonyl (C=O) groups excluding carboxylic acids is 1. The topological polar surface area (TPSA) is 92.9 Å². The minimum absolute atomic E-state index is 0.0262. The molecule has 0 saturated carbocycles. The van der Waals surface area contributed by atoms with E-state index in [0.29, 0.717) is 12.3 Å². The first-order valence-corrected chi connectivity index (χ1v) is 7.60. The molecule has 1 aliphatic rings. The van der Waals surface area contributed by atoms with Crippen molar-refractivity contribution in [2.75, 3.05) is 19.8 Å². The number of carbonyl (C=O) groups is 2. The van der Waals surface area contributed by atoms with Gasteiger partial charge in [-0.15, -0.1) is 11.3 Å². The number of nitrogens with zero attached hydrogens (tertiary/aromatic N) is 2. The van der Waals surface area contributed by atoms with Crippen molar-refractivity contribution in [3.8, 4) is 10.6 Å². The fraction of sp³-hybridized carbons (Fsp3) is 0.357. The van der Waals surface area contributed by atoms with Gasteiger partial charge in [0.15, 0.2) is 6.04 Å². The highest BCUT2D eigenvalue weighted by atomic mass is 32.1. The van der Waals surface area contributed by atoms with Crippen molar-refractivity contribution in [2.24, 2.45) is 0 Å². The maximum absolute atomic E-state index is 12.3. The summed E-state index contributed by atoms with van der Waals surface area (Å²) in [5.41, 5.74) is 1.49. The van der Waals surface area contributed by atoms with Gasteiger partial charge in [0.05, 0.1) is 31.6 Å². The van der Waals surface area contributed by atoms with Crippen LogP contribution in [-0.4, -0.2) is 52.7 Å². The smallest absolute Gasteiger partial charge is 0.328 e. The van der Waals surface area contributed by atoms with Gasteiger partial charge in [0, 0.05) is 17.5 Å². The molecule has 22 heavy (non-hydrogen) atoms. The lowest BCUT2D eigenvalue weighted by atomic mass is 10.2. The standard InChI is InChI=1S/C14H14N2O5S/c17-12(16-2-4-21-7-11(16)14(18)19)5-10-8-22-13(15-10)9-1-3-20-6-9/h1,3,6,8,11H,2,4-5,7H2,(H,18,19). The Morgan fingerprint density at radius 1 is 1.50 bits per heavy atom. The highest BCUT2D eigenvalue weighted by molar-refractivity contribution is 7.13. The Labute approximate surface area is 130 Å². The van der Waals surface area contributed by atoms with Crippen LogP contribution in [0.4, 0.5) is 0 Å². The summed E-state index contributed by atoms with van der Waals surface area (Å²) in [4.78, 5) is 29.3. The molecule has 0 spiro atoms. The van der Waals surface area contributed by atoms with E-state index in [1.54, 1.807) is 24.0 Å². The molecule has 116 valence electrons. The Hall–Kier alpha value is -2.19. The Morgan fingerprint density at radius 3 is 3.09 bits per heavy atom. The van der Waals surface area contributed by atoms with Crippen LogP contribution in [0.2, 0.25) is 0 Å². The molecule has 2 aromatic rings. The van der Waals surface area contributed by atoms with Gasteiger partial charge in [0.1, 0.15) is 11.3 Å². The molecule has 0 aliphatic carbocycles. The number of ether oxygens (including phenoxy) is 1. The van der Waals surface area contributed by atoms with Gasteiger partial charge in [-0.25, -0.2) is 9.78 Å². The van der Waals surface area contributed by atoms with E-state index in [2.05, 4.69) is 4.98 Å². The van der Waals surface area contributed by atoms with Crippen LogP contribution in [0.1, 0.15) is 5.69 Å². The van der Waals surface area contributed by atoms with Gasteiger partial charge in [-0.3, -0.25) is 4.79 Å². The average molecular weight is 322 g/mol. The molecule has 2 aromatic heterocycles. The highest BCUT2D eigenvalue weighted by Gasteiger charge is 2.32. The van der Waals surface area contributed by atoms with Gasteiger partial charge in [0.2, 0.25) is 5.91 Å². The van der Waals surface area contributed by atoms with Gasteiger partial charge in [-0.05, 0) is 6.07 Å². The van der Waals surface area contributed by atoms with Crippen molar-refractivity contribution in [2.45, 2.75) is 12.5 Å². The lowest BCUT2D eigenvalue weighted by Crippen LogP contribution is -2.53. The van der Waals surface area contributed by atoms with E-state index in [4.69, 9.17) is 14.3 Å². The Morgan fingerprint density at radius 2 is 2.36 bits per heavy atom. The molecule has 0 radical (unpaired) electrons. The van der Waals surface area contributed by atoms with E-state index in [1.165, 1.54) is 16.2 Å². The molecular formula is C14H14N2O5S. The molecule has 3 heterocycles. The molecular weight excluding hydrogens is 308 g/mol. The molecule has 1 N–H and O–H groups in total. The third-order valence-electron chi connectivity index (χ3n) is 3.39. The fourth-order valence-corrected chi connectivity index (χ4v) is 3.08. The predicted octanol–water partition coefficient (Wildman–Crippen LogP) is 1.26. The predicted molar refractivity (Wildman–Crippen MR) is 77.5 cm³/mol. The number of carboxylic acids is 1. The zero-order valence-electron chi connectivity index (χ0n) is 11.6. The van der Waals surface area contributed by atoms with Crippen molar-refractivity contribution in [1.82, 2.24) is 9.88 Å². The summed E-state index contributed by atoms with van der Waals surface area (Å²) in [6.07, 6.45) is 3.23. The normalized spacial score (nSPS) is 18.4. The molecule has 3 rings (SSSR count). The van der Waals surface area contributed by atoms with Gasteiger partial charge >= 0.3 is 5.97 Å². The zero-order valence-corrected chi connectivity index (χ0v) is 12.4. The third kappa shape index (κ3) is 3.02. The first-order chi connectivity index (χ1) is 10.6. The largest absolute Gasteiger partial charge is 0.480 e. The van der Waals surface area contributed by atoms with Crippen molar-refractivity contribution in [1.29, 1.82) is 0 Å². The summed E-state index contributed by atoms with van der Waals surface area (Å²) in [6, 6.07) is 0.876. The maximum Gasteiger partial charge on any atom is 0.328 e. The number of rotatable bonds is 4. The number of thiazole rings is 1.